The van der Waals surface area contributed by atoms with E-state index >= 15 is 0 Å². The maximum atomic E-state index is 12.0. The fourth-order valence-electron chi connectivity index (χ4n) is 1.85. The van der Waals surface area contributed by atoms with E-state index in [0.717, 1.165) is 6.42 Å². The lowest BCUT2D eigenvalue weighted by atomic mass is 10.2. The van der Waals surface area contributed by atoms with Gasteiger partial charge in [-0.2, -0.15) is 0 Å². The second kappa shape index (κ2) is 10.4. The minimum Gasteiger partial charge on any atom is -0.481 e. The van der Waals surface area contributed by atoms with Crippen molar-refractivity contribution in [2.75, 3.05) is 20.3 Å². The first-order valence-corrected chi connectivity index (χ1v) is 8.00. The number of hydrogen-bond donors (Lipinski definition) is 3. The molecule has 0 aliphatic rings. The van der Waals surface area contributed by atoms with Gasteiger partial charge in [-0.25, -0.2) is 0 Å². The van der Waals surface area contributed by atoms with Crippen molar-refractivity contribution in [3.8, 4) is 5.75 Å². The number of hydrazine groups is 1. The molecule has 1 atom stereocenters. The quantitative estimate of drug-likeness (QED) is 0.271. The van der Waals surface area contributed by atoms with Crippen LogP contribution < -0.4 is 20.9 Å². The Morgan fingerprint density at radius 3 is 2.72 bits per heavy atom. The summed E-state index contributed by atoms with van der Waals surface area (Å²) < 4.78 is 10.4. The Hall–Kier alpha value is -2.46. The minimum absolute atomic E-state index is 0.00369. The third-order valence-corrected chi connectivity index (χ3v) is 3.40. The third-order valence-electron chi connectivity index (χ3n) is 3.16. The lowest BCUT2D eigenvalue weighted by Crippen LogP contribution is -2.50. The summed E-state index contributed by atoms with van der Waals surface area (Å²) in [6, 6.07) is 4.30. The standard InChI is InChI=1S/C15H22N4O5S/c1-10-9-12(5-6-13(10)19(21)22)24-11(2)14(20)17-18-15(25)16-7-4-8-23-3/h5-6,9,11H,4,7-8H2,1-3H3,(H,17,20)(H2,16,18,25). The average Bonchev–Trinajstić information content (AvgIpc) is 2.56. The van der Waals surface area contributed by atoms with Crippen LogP contribution in [0.3, 0.4) is 0 Å². The van der Waals surface area contributed by atoms with Gasteiger partial charge >= 0.3 is 0 Å². The Balaban J connectivity index is 2.42. The lowest BCUT2D eigenvalue weighted by Gasteiger charge is -2.16. The molecular weight excluding hydrogens is 348 g/mol. The molecule has 1 rings (SSSR count). The highest BCUT2D eigenvalue weighted by molar-refractivity contribution is 7.80. The van der Waals surface area contributed by atoms with Crippen LogP contribution in [0.5, 0.6) is 5.75 Å². The van der Waals surface area contributed by atoms with E-state index in [1.54, 1.807) is 21.0 Å². The van der Waals surface area contributed by atoms with Crippen LogP contribution in [0.1, 0.15) is 18.9 Å². The van der Waals surface area contributed by atoms with E-state index in [0.29, 0.717) is 24.5 Å². The smallest absolute Gasteiger partial charge is 0.279 e. The molecule has 1 aromatic carbocycles. The third kappa shape index (κ3) is 7.31. The highest BCUT2D eigenvalue weighted by Gasteiger charge is 2.17. The summed E-state index contributed by atoms with van der Waals surface area (Å²) in [7, 11) is 1.62. The molecule has 3 N–H and O–H groups in total. The lowest BCUT2D eigenvalue weighted by molar-refractivity contribution is -0.385. The summed E-state index contributed by atoms with van der Waals surface area (Å²) in [6.07, 6.45) is -0.0321. The number of amides is 1. The molecule has 0 aliphatic heterocycles. The number of nitrogens with one attached hydrogen (secondary N) is 3. The summed E-state index contributed by atoms with van der Waals surface area (Å²) in [5, 5.41) is 14.0. The molecule has 1 amide bonds. The Kier molecular flexibility index (Phi) is 8.57. The van der Waals surface area contributed by atoms with Crippen molar-refractivity contribution in [2.24, 2.45) is 0 Å². The number of carbonyl (C=O) groups is 1. The fourth-order valence-corrected chi connectivity index (χ4v) is 2.00. The summed E-state index contributed by atoms with van der Waals surface area (Å²) in [5.74, 6) is -0.0666. The van der Waals surface area contributed by atoms with Crippen LogP contribution in [-0.4, -0.2) is 42.3 Å². The summed E-state index contributed by atoms with van der Waals surface area (Å²) in [6.45, 7) is 4.39. The highest BCUT2D eigenvalue weighted by atomic mass is 32.1. The minimum atomic E-state index is -0.815. The first kappa shape index (κ1) is 20.6. The van der Waals surface area contributed by atoms with Gasteiger partial charge in [0.2, 0.25) is 0 Å². The van der Waals surface area contributed by atoms with Crippen LogP contribution in [0.15, 0.2) is 18.2 Å². The Morgan fingerprint density at radius 2 is 2.12 bits per heavy atom. The maximum Gasteiger partial charge on any atom is 0.279 e. The molecule has 1 unspecified atom stereocenters. The molecule has 0 saturated carbocycles. The van der Waals surface area contributed by atoms with Crippen molar-refractivity contribution in [3.05, 3.63) is 33.9 Å². The van der Waals surface area contributed by atoms with Crippen molar-refractivity contribution in [1.29, 1.82) is 0 Å². The molecule has 0 spiro atoms. The van der Waals surface area contributed by atoms with Gasteiger partial charge < -0.3 is 14.8 Å². The van der Waals surface area contributed by atoms with Crippen LogP contribution in [0.2, 0.25) is 0 Å². The predicted molar refractivity (Wildman–Crippen MR) is 96.3 cm³/mol. The van der Waals surface area contributed by atoms with Crippen molar-refractivity contribution in [2.45, 2.75) is 26.4 Å². The zero-order chi connectivity index (χ0) is 18.8. The van der Waals surface area contributed by atoms with Crippen LogP contribution >= 0.6 is 12.2 Å². The summed E-state index contributed by atoms with van der Waals surface area (Å²) in [4.78, 5) is 22.3. The van der Waals surface area contributed by atoms with E-state index in [2.05, 4.69) is 16.2 Å². The van der Waals surface area contributed by atoms with E-state index in [1.807, 2.05) is 0 Å². The average molecular weight is 370 g/mol. The largest absolute Gasteiger partial charge is 0.481 e. The number of rotatable bonds is 8. The SMILES string of the molecule is COCCCNC(=S)NNC(=O)C(C)Oc1ccc([N+](=O)[O-])c(C)c1. The molecule has 10 heteroatoms. The van der Waals surface area contributed by atoms with Gasteiger partial charge in [0.15, 0.2) is 11.2 Å². The molecule has 0 radical (unpaired) electrons. The first-order chi connectivity index (χ1) is 11.8. The Bertz CT molecular complexity index is 626. The molecule has 25 heavy (non-hydrogen) atoms. The monoisotopic (exact) mass is 370 g/mol. The number of hydrogen-bond acceptors (Lipinski definition) is 6. The van der Waals surface area contributed by atoms with E-state index in [1.165, 1.54) is 18.2 Å². The predicted octanol–water partition coefficient (Wildman–Crippen LogP) is 1.20. The molecule has 138 valence electrons. The van der Waals surface area contributed by atoms with E-state index in [9.17, 15) is 14.9 Å². The van der Waals surface area contributed by atoms with Crippen molar-refractivity contribution in [1.82, 2.24) is 16.2 Å². The second-order valence-corrected chi connectivity index (χ2v) is 5.59. The van der Waals surface area contributed by atoms with Gasteiger partial charge in [0.05, 0.1) is 4.92 Å². The molecule has 9 nitrogen and oxygen atoms in total. The topological polar surface area (TPSA) is 115 Å². The number of nitrogens with zero attached hydrogens (tertiary/aromatic N) is 1. The summed E-state index contributed by atoms with van der Waals surface area (Å²) >= 11 is 5.01. The van der Waals surface area contributed by atoms with Gasteiger partial charge in [0.1, 0.15) is 5.75 Å². The first-order valence-electron chi connectivity index (χ1n) is 7.59. The van der Waals surface area contributed by atoms with E-state index < -0.39 is 16.9 Å². The molecule has 0 aliphatic carbocycles. The number of nitro benzene ring substituents is 1. The normalized spacial score (nSPS) is 11.3. The summed E-state index contributed by atoms with van der Waals surface area (Å²) in [5.41, 5.74) is 5.45. The second-order valence-electron chi connectivity index (χ2n) is 5.18. The van der Waals surface area contributed by atoms with Crippen LogP contribution in [0, 0.1) is 17.0 Å². The van der Waals surface area contributed by atoms with E-state index in [4.69, 9.17) is 21.7 Å². The molecule has 0 aromatic heterocycles. The van der Waals surface area contributed by atoms with Crippen LogP contribution in [0.25, 0.3) is 0 Å². The molecule has 1 aromatic rings. The van der Waals surface area contributed by atoms with Crippen LogP contribution in [0.4, 0.5) is 5.69 Å². The zero-order valence-corrected chi connectivity index (χ0v) is 15.1. The van der Waals surface area contributed by atoms with Gasteiger partial charge in [-0.15, -0.1) is 0 Å². The Morgan fingerprint density at radius 1 is 1.40 bits per heavy atom. The fraction of sp³-hybridized carbons (Fsp3) is 0.467. The van der Waals surface area contributed by atoms with Gasteiger partial charge in [-0.05, 0) is 44.6 Å². The number of ether oxygens (including phenoxy) is 2. The number of methoxy groups -OCH3 is 1. The molecule has 0 bridgehead atoms. The van der Waals surface area contributed by atoms with Crippen molar-refractivity contribution >= 4 is 28.9 Å². The number of nitro groups is 1. The molecule has 0 saturated heterocycles. The number of aryl methyl sites for hydroxylation is 1. The number of thiocarbonyl (C=S) groups is 1. The van der Waals surface area contributed by atoms with Gasteiger partial charge in [0, 0.05) is 31.9 Å². The van der Waals surface area contributed by atoms with Gasteiger partial charge in [-0.3, -0.25) is 25.8 Å². The zero-order valence-electron chi connectivity index (χ0n) is 14.3. The van der Waals surface area contributed by atoms with Crippen LogP contribution in [-0.2, 0) is 9.53 Å². The number of benzene rings is 1. The van der Waals surface area contributed by atoms with Crippen molar-refractivity contribution < 1.29 is 19.2 Å². The van der Waals surface area contributed by atoms with Gasteiger partial charge in [-0.1, -0.05) is 0 Å². The molecular formula is C15H22N4O5S. The highest BCUT2D eigenvalue weighted by Crippen LogP contribution is 2.23. The maximum absolute atomic E-state index is 12.0. The van der Waals surface area contributed by atoms with Gasteiger partial charge in [0.25, 0.3) is 11.6 Å². The van der Waals surface area contributed by atoms with Crippen molar-refractivity contribution in [3.63, 3.8) is 0 Å². The Labute approximate surface area is 151 Å². The molecule has 0 fully saturated rings. The molecule has 0 heterocycles. The number of carbonyl (C=O) groups excluding carboxylic acids is 1. The van der Waals surface area contributed by atoms with E-state index in [-0.39, 0.29) is 10.8 Å².